The monoisotopic (exact) mass is 329 g/mol. The van der Waals surface area contributed by atoms with Gasteiger partial charge in [0.1, 0.15) is 0 Å². The first-order chi connectivity index (χ1) is 10.0. The van der Waals surface area contributed by atoms with Crippen LogP contribution < -0.4 is 5.32 Å². The Morgan fingerprint density at radius 2 is 2.05 bits per heavy atom. The van der Waals surface area contributed by atoms with Crippen LogP contribution >= 0.6 is 23.4 Å². The van der Waals surface area contributed by atoms with E-state index in [4.69, 9.17) is 16.7 Å². The van der Waals surface area contributed by atoms with Gasteiger partial charge in [-0.1, -0.05) is 24.9 Å². The van der Waals surface area contributed by atoms with Crippen LogP contribution in [0, 0.1) is 0 Å². The molecule has 0 unspecified atom stereocenters. The summed E-state index contributed by atoms with van der Waals surface area (Å²) in [6, 6.07) is 5.32. The number of halogens is 1. The molecule has 0 aliphatic rings. The van der Waals surface area contributed by atoms with Crippen molar-refractivity contribution < 1.29 is 14.7 Å². The van der Waals surface area contributed by atoms with Gasteiger partial charge < -0.3 is 10.4 Å². The van der Waals surface area contributed by atoms with Crippen molar-refractivity contribution in [3.8, 4) is 0 Å². The van der Waals surface area contributed by atoms with Gasteiger partial charge in [0.25, 0.3) is 5.91 Å². The lowest BCUT2D eigenvalue weighted by atomic mass is 10.2. The number of rotatable bonds is 9. The summed E-state index contributed by atoms with van der Waals surface area (Å²) in [5.41, 5.74) is 0.597. The highest BCUT2D eigenvalue weighted by Crippen LogP contribution is 2.25. The Labute approximate surface area is 134 Å². The van der Waals surface area contributed by atoms with E-state index in [1.807, 2.05) is 13.0 Å². The lowest BCUT2D eigenvalue weighted by molar-refractivity contribution is -0.137. The summed E-state index contributed by atoms with van der Waals surface area (Å²) in [7, 11) is 0. The molecule has 0 bridgehead atoms. The van der Waals surface area contributed by atoms with Gasteiger partial charge in [-0.15, -0.1) is 11.8 Å². The molecule has 0 atom stereocenters. The van der Waals surface area contributed by atoms with Crippen molar-refractivity contribution in [2.24, 2.45) is 0 Å². The summed E-state index contributed by atoms with van der Waals surface area (Å²) in [4.78, 5) is 23.4. The molecule has 0 radical (unpaired) electrons. The molecule has 0 fully saturated rings. The van der Waals surface area contributed by atoms with Gasteiger partial charge in [-0.3, -0.25) is 9.59 Å². The maximum Gasteiger partial charge on any atom is 0.303 e. The maximum atomic E-state index is 12.2. The minimum Gasteiger partial charge on any atom is -0.481 e. The third kappa shape index (κ3) is 6.87. The van der Waals surface area contributed by atoms with Crippen LogP contribution in [0.15, 0.2) is 23.1 Å². The van der Waals surface area contributed by atoms with E-state index in [-0.39, 0.29) is 12.3 Å². The second kappa shape index (κ2) is 9.68. The van der Waals surface area contributed by atoms with E-state index in [1.165, 1.54) is 0 Å². The molecule has 0 aromatic heterocycles. The smallest absolute Gasteiger partial charge is 0.303 e. The quantitative estimate of drug-likeness (QED) is 0.534. The largest absolute Gasteiger partial charge is 0.481 e. The molecule has 0 saturated heterocycles. The molecule has 1 amide bonds. The lowest BCUT2D eigenvalue weighted by Crippen LogP contribution is -2.25. The van der Waals surface area contributed by atoms with Crippen molar-refractivity contribution >= 4 is 35.2 Å². The fraction of sp³-hybridized carbons (Fsp3) is 0.467. The zero-order chi connectivity index (χ0) is 15.7. The number of nitrogens with one attached hydrogen (secondary N) is 1. The average molecular weight is 330 g/mol. The third-order valence-electron chi connectivity index (χ3n) is 2.84. The molecular formula is C15H20ClNO3S. The summed E-state index contributed by atoms with van der Waals surface area (Å²) in [6.07, 6.45) is 2.38. The lowest BCUT2D eigenvalue weighted by Gasteiger charge is -2.09. The van der Waals surface area contributed by atoms with Crippen LogP contribution in [0.4, 0.5) is 0 Å². The maximum absolute atomic E-state index is 12.2. The molecule has 21 heavy (non-hydrogen) atoms. The van der Waals surface area contributed by atoms with Gasteiger partial charge in [0, 0.05) is 22.9 Å². The number of carbonyl (C=O) groups is 2. The van der Waals surface area contributed by atoms with Crippen LogP contribution in [0.1, 0.15) is 43.0 Å². The van der Waals surface area contributed by atoms with E-state index in [9.17, 15) is 9.59 Å². The number of carboxylic acid groups (broad SMARTS) is 1. The number of carbonyl (C=O) groups excluding carboxylic acids is 1. The van der Waals surface area contributed by atoms with Crippen molar-refractivity contribution in [1.82, 2.24) is 5.32 Å². The fourth-order valence-electron chi connectivity index (χ4n) is 1.84. The van der Waals surface area contributed by atoms with Gasteiger partial charge in [-0.2, -0.15) is 0 Å². The summed E-state index contributed by atoms with van der Waals surface area (Å²) >= 11 is 7.55. The Bertz CT molecular complexity index is 494. The minimum atomic E-state index is -0.779. The highest BCUT2D eigenvalue weighted by atomic mass is 35.5. The van der Waals surface area contributed by atoms with Gasteiger partial charge >= 0.3 is 5.97 Å². The summed E-state index contributed by atoms with van der Waals surface area (Å²) < 4.78 is 0. The number of carboxylic acids is 1. The molecule has 0 heterocycles. The topological polar surface area (TPSA) is 66.4 Å². The van der Waals surface area contributed by atoms with Crippen LogP contribution in [0.5, 0.6) is 0 Å². The number of thioether (sulfide) groups is 1. The first kappa shape index (κ1) is 17.9. The van der Waals surface area contributed by atoms with E-state index >= 15 is 0 Å². The molecule has 2 N–H and O–H groups in total. The molecule has 0 aliphatic heterocycles. The van der Waals surface area contributed by atoms with E-state index in [2.05, 4.69) is 5.32 Å². The van der Waals surface area contributed by atoms with Crippen molar-refractivity contribution in [3.05, 3.63) is 28.8 Å². The van der Waals surface area contributed by atoms with E-state index in [0.29, 0.717) is 23.6 Å². The van der Waals surface area contributed by atoms with Crippen LogP contribution in [0.3, 0.4) is 0 Å². The molecule has 4 nitrogen and oxygen atoms in total. The Hall–Kier alpha value is -1.20. The Kier molecular flexibility index (Phi) is 8.23. The molecule has 116 valence electrons. The van der Waals surface area contributed by atoms with Crippen LogP contribution in [0.25, 0.3) is 0 Å². The Morgan fingerprint density at radius 3 is 2.71 bits per heavy atom. The molecule has 6 heteroatoms. The second-order valence-electron chi connectivity index (χ2n) is 4.53. The number of aliphatic carboxylic acids is 1. The van der Waals surface area contributed by atoms with Gasteiger partial charge in [-0.05, 0) is 36.8 Å². The first-order valence-electron chi connectivity index (χ1n) is 6.97. The van der Waals surface area contributed by atoms with Crippen molar-refractivity contribution in [2.45, 2.75) is 37.5 Å². The van der Waals surface area contributed by atoms with Gasteiger partial charge in [-0.25, -0.2) is 0 Å². The molecule has 0 saturated carbocycles. The fourth-order valence-corrected chi connectivity index (χ4v) is 2.79. The van der Waals surface area contributed by atoms with Gasteiger partial charge in [0.05, 0.1) is 5.56 Å². The van der Waals surface area contributed by atoms with Crippen molar-refractivity contribution in [1.29, 1.82) is 0 Å². The second-order valence-corrected chi connectivity index (χ2v) is 6.28. The van der Waals surface area contributed by atoms with E-state index in [1.54, 1.807) is 23.9 Å². The van der Waals surface area contributed by atoms with Gasteiger partial charge in [0.2, 0.25) is 0 Å². The Balaban J connectivity index is 2.44. The minimum absolute atomic E-state index is 0.133. The molecule has 1 rings (SSSR count). The number of unbranched alkanes of at least 4 members (excludes halogenated alkanes) is 2. The van der Waals surface area contributed by atoms with E-state index < -0.39 is 5.97 Å². The standard InChI is InChI=1S/C15H20ClNO3S/c1-2-21-13-8-7-11(16)10-12(13)15(20)17-9-5-3-4-6-14(18)19/h7-8,10H,2-6,9H2,1H3,(H,17,20)(H,18,19). The molecule has 0 aliphatic carbocycles. The van der Waals surface area contributed by atoms with Crippen molar-refractivity contribution in [3.63, 3.8) is 0 Å². The predicted molar refractivity (Wildman–Crippen MR) is 86.3 cm³/mol. The molecular weight excluding hydrogens is 310 g/mol. The highest BCUT2D eigenvalue weighted by molar-refractivity contribution is 7.99. The highest BCUT2D eigenvalue weighted by Gasteiger charge is 2.11. The molecule has 1 aromatic rings. The average Bonchev–Trinajstić information content (AvgIpc) is 2.44. The first-order valence-corrected chi connectivity index (χ1v) is 8.33. The summed E-state index contributed by atoms with van der Waals surface area (Å²) in [6.45, 7) is 2.57. The Morgan fingerprint density at radius 1 is 1.29 bits per heavy atom. The number of hydrogen-bond donors (Lipinski definition) is 2. The predicted octanol–water partition coefficient (Wildman–Crippen LogP) is 3.83. The summed E-state index contributed by atoms with van der Waals surface area (Å²) in [5, 5.41) is 11.9. The van der Waals surface area contributed by atoms with Crippen LogP contribution in [0.2, 0.25) is 5.02 Å². The normalized spacial score (nSPS) is 10.4. The van der Waals surface area contributed by atoms with Crippen LogP contribution in [-0.2, 0) is 4.79 Å². The number of hydrogen-bond acceptors (Lipinski definition) is 3. The van der Waals surface area contributed by atoms with E-state index in [0.717, 1.165) is 23.5 Å². The zero-order valence-electron chi connectivity index (χ0n) is 12.0. The van der Waals surface area contributed by atoms with Crippen LogP contribution in [-0.4, -0.2) is 29.3 Å². The van der Waals surface area contributed by atoms with Crippen molar-refractivity contribution in [2.75, 3.05) is 12.3 Å². The number of amides is 1. The third-order valence-corrected chi connectivity index (χ3v) is 4.03. The molecule has 0 spiro atoms. The van der Waals surface area contributed by atoms with Gasteiger partial charge in [0.15, 0.2) is 0 Å². The SMILES string of the molecule is CCSc1ccc(Cl)cc1C(=O)NCCCCCC(=O)O. The number of benzene rings is 1. The summed E-state index contributed by atoms with van der Waals surface area (Å²) in [5.74, 6) is -0.0252. The zero-order valence-corrected chi connectivity index (χ0v) is 13.6. The molecule has 1 aromatic carbocycles.